The third kappa shape index (κ3) is 7.38. The summed E-state index contributed by atoms with van der Waals surface area (Å²) in [5.74, 6) is 0.867. The van der Waals surface area contributed by atoms with E-state index in [9.17, 15) is 9.90 Å². The molecule has 10 nitrogen and oxygen atoms in total. The highest BCUT2D eigenvalue weighted by atomic mass is 16.5. The molecule has 5 rings (SSSR count). The van der Waals surface area contributed by atoms with Gasteiger partial charge in [-0.3, -0.25) is 4.79 Å². The molecule has 1 amide bonds. The summed E-state index contributed by atoms with van der Waals surface area (Å²) >= 11 is 0. The summed E-state index contributed by atoms with van der Waals surface area (Å²) in [7, 11) is 1.57. The summed E-state index contributed by atoms with van der Waals surface area (Å²) in [5, 5.41) is 22.6. The first-order valence-corrected chi connectivity index (χ1v) is 13.6. The van der Waals surface area contributed by atoms with Crippen molar-refractivity contribution in [3.05, 3.63) is 131 Å². The monoisotopic (exact) mass is 576 g/mol. The summed E-state index contributed by atoms with van der Waals surface area (Å²) in [6, 6.07) is 33.6. The maximum absolute atomic E-state index is 13.4. The second kappa shape index (κ2) is 13.8. The van der Waals surface area contributed by atoms with Crippen LogP contribution in [0.2, 0.25) is 0 Å². The minimum absolute atomic E-state index is 0.0491. The highest BCUT2D eigenvalue weighted by Crippen LogP contribution is 2.29. The van der Waals surface area contributed by atoms with Crippen molar-refractivity contribution in [2.24, 2.45) is 5.10 Å². The Hall–Kier alpha value is -5.61. The van der Waals surface area contributed by atoms with Gasteiger partial charge in [-0.2, -0.15) is 10.2 Å². The molecule has 1 unspecified atom stereocenters. The smallest absolute Gasteiger partial charge is 0.278 e. The molecule has 1 aromatic heterocycles. The molecular formula is C33H32N6O4. The molecule has 0 saturated heterocycles. The lowest BCUT2D eigenvalue weighted by molar-refractivity contribution is 0.0956. The summed E-state index contributed by atoms with van der Waals surface area (Å²) in [5.41, 5.74) is 12.2. The molecule has 5 N–H and O–H groups in total. The number of nitrogens with zero attached hydrogens (tertiary/aromatic N) is 3. The molecule has 43 heavy (non-hydrogen) atoms. The molecule has 1 atom stereocenters. The van der Waals surface area contributed by atoms with Crippen molar-refractivity contribution < 1.29 is 19.4 Å². The van der Waals surface area contributed by atoms with Crippen LogP contribution in [-0.4, -0.2) is 34.1 Å². The van der Waals surface area contributed by atoms with Crippen LogP contribution in [0, 0.1) is 0 Å². The van der Waals surface area contributed by atoms with E-state index in [1.807, 2.05) is 91.0 Å². The Kier molecular flexibility index (Phi) is 9.30. The molecule has 218 valence electrons. The van der Waals surface area contributed by atoms with E-state index in [1.54, 1.807) is 25.3 Å². The molecule has 1 heterocycles. The number of nitrogens with one attached hydrogen (secondary N) is 2. The number of anilines is 3. The zero-order valence-electron chi connectivity index (χ0n) is 23.6. The van der Waals surface area contributed by atoms with Gasteiger partial charge in [0.25, 0.3) is 5.91 Å². The third-order valence-corrected chi connectivity index (χ3v) is 6.59. The number of ether oxygens (including phenoxy) is 2. The van der Waals surface area contributed by atoms with Crippen LogP contribution in [0.15, 0.2) is 114 Å². The number of rotatable bonds is 12. The highest BCUT2D eigenvalue weighted by Gasteiger charge is 2.24. The van der Waals surface area contributed by atoms with E-state index in [1.165, 1.54) is 10.9 Å². The van der Waals surface area contributed by atoms with Crippen LogP contribution in [0.4, 0.5) is 17.3 Å². The summed E-state index contributed by atoms with van der Waals surface area (Å²) < 4.78 is 12.8. The van der Waals surface area contributed by atoms with Gasteiger partial charge in [-0.15, -0.1) is 0 Å². The van der Waals surface area contributed by atoms with E-state index in [4.69, 9.17) is 15.2 Å². The van der Waals surface area contributed by atoms with Crippen LogP contribution in [0.3, 0.4) is 0 Å². The number of aromatic nitrogens is 2. The van der Waals surface area contributed by atoms with Crippen LogP contribution in [0.1, 0.15) is 33.2 Å². The van der Waals surface area contributed by atoms with Crippen molar-refractivity contribution in [1.29, 1.82) is 0 Å². The maximum Gasteiger partial charge on any atom is 0.278 e. The average molecular weight is 577 g/mol. The molecule has 4 aromatic carbocycles. The molecule has 0 aliphatic heterocycles. The first kappa shape index (κ1) is 28.9. The Balaban J connectivity index is 1.34. The van der Waals surface area contributed by atoms with Crippen molar-refractivity contribution in [2.75, 3.05) is 18.2 Å². The second-order valence-corrected chi connectivity index (χ2v) is 9.59. The quantitative estimate of drug-likeness (QED) is 0.117. The van der Waals surface area contributed by atoms with Gasteiger partial charge in [0, 0.05) is 5.69 Å². The number of aliphatic hydroxyl groups excluding tert-OH is 1. The van der Waals surface area contributed by atoms with Gasteiger partial charge in [-0.05, 0) is 47.0 Å². The van der Waals surface area contributed by atoms with E-state index in [0.717, 1.165) is 11.3 Å². The number of nitrogens with two attached hydrogens (primary N) is 1. The first-order chi connectivity index (χ1) is 21.0. The fraction of sp³-hybridized carbons (Fsp3) is 0.121. The third-order valence-electron chi connectivity index (χ3n) is 6.59. The molecule has 0 saturated carbocycles. The minimum Gasteiger partial charge on any atom is -0.493 e. The molecule has 10 heteroatoms. The van der Waals surface area contributed by atoms with E-state index in [2.05, 4.69) is 20.9 Å². The van der Waals surface area contributed by atoms with Crippen LogP contribution in [0.5, 0.6) is 11.5 Å². The molecule has 0 fully saturated rings. The fourth-order valence-corrected chi connectivity index (χ4v) is 4.37. The predicted molar refractivity (Wildman–Crippen MR) is 167 cm³/mol. The lowest BCUT2D eigenvalue weighted by atomic mass is 10.1. The summed E-state index contributed by atoms with van der Waals surface area (Å²) in [4.78, 5) is 13.4. The van der Waals surface area contributed by atoms with Crippen LogP contribution < -0.4 is 25.9 Å². The number of hydrazone groups is 1. The Morgan fingerprint density at radius 3 is 2.35 bits per heavy atom. The van der Waals surface area contributed by atoms with E-state index < -0.39 is 12.0 Å². The normalized spacial score (nSPS) is 11.7. The number of aliphatic hydroxyl groups is 1. The van der Waals surface area contributed by atoms with Gasteiger partial charge in [0.2, 0.25) is 0 Å². The molecule has 0 bridgehead atoms. The van der Waals surface area contributed by atoms with Crippen molar-refractivity contribution in [3.8, 4) is 11.5 Å². The number of hydrogen-bond donors (Lipinski definition) is 4. The number of benzene rings is 4. The van der Waals surface area contributed by atoms with Crippen LogP contribution in [0.25, 0.3) is 0 Å². The minimum atomic E-state index is -0.879. The summed E-state index contributed by atoms with van der Waals surface area (Å²) in [6.45, 7) is 0.418. The van der Waals surface area contributed by atoms with Crippen molar-refractivity contribution in [1.82, 2.24) is 15.2 Å². The Labute approximate surface area is 249 Å². The maximum atomic E-state index is 13.4. The lowest BCUT2D eigenvalue weighted by Crippen LogP contribution is -2.20. The topological polar surface area (TPSA) is 136 Å². The molecular weight excluding hydrogens is 544 g/mol. The fourth-order valence-electron chi connectivity index (χ4n) is 4.37. The van der Waals surface area contributed by atoms with E-state index in [-0.39, 0.29) is 23.7 Å². The van der Waals surface area contributed by atoms with Crippen molar-refractivity contribution in [2.45, 2.75) is 19.3 Å². The number of methoxy groups -OCH3 is 1. The van der Waals surface area contributed by atoms with Crippen molar-refractivity contribution in [3.63, 3.8) is 0 Å². The lowest BCUT2D eigenvalue weighted by Gasteiger charge is -2.12. The zero-order valence-corrected chi connectivity index (χ0v) is 23.6. The number of hydrogen-bond acceptors (Lipinski definition) is 8. The van der Waals surface area contributed by atoms with E-state index >= 15 is 0 Å². The number of nitrogen functional groups attached to an aromatic ring is 1. The predicted octanol–water partition coefficient (Wildman–Crippen LogP) is 5.29. The van der Waals surface area contributed by atoms with Gasteiger partial charge in [0.15, 0.2) is 17.3 Å². The number of para-hydroxylation sites is 1. The molecule has 0 spiro atoms. The van der Waals surface area contributed by atoms with Gasteiger partial charge < -0.3 is 25.6 Å². The zero-order chi connectivity index (χ0) is 30.0. The number of carbonyl (C=O) groups is 1. The average Bonchev–Trinajstić information content (AvgIpc) is 3.35. The molecule has 5 aromatic rings. The first-order valence-electron chi connectivity index (χ1n) is 13.6. The second-order valence-electron chi connectivity index (χ2n) is 9.59. The van der Waals surface area contributed by atoms with Gasteiger partial charge in [0.1, 0.15) is 18.0 Å². The van der Waals surface area contributed by atoms with Crippen LogP contribution >= 0.6 is 0 Å². The molecule has 0 radical (unpaired) electrons. The van der Waals surface area contributed by atoms with Gasteiger partial charge in [0.05, 0.1) is 26.0 Å². The highest BCUT2D eigenvalue weighted by molar-refractivity contribution is 6.04. The van der Waals surface area contributed by atoms with E-state index in [0.29, 0.717) is 29.2 Å². The van der Waals surface area contributed by atoms with Gasteiger partial charge in [-0.1, -0.05) is 78.9 Å². The Bertz CT molecular complexity index is 1670. The Morgan fingerprint density at radius 1 is 0.977 bits per heavy atom. The van der Waals surface area contributed by atoms with Crippen molar-refractivity contribution >= 4 is 29.4 Å². The van der Waals surface area contributed by atoms with Gasteiger partial charge >= 0.3 is 0 Å². The standard InChI is InChI=1S/C33H32N6O4/c1-42-28-18-17-24(19-29(28)43-22-23-11-5-2-6-12-23)20-35-37-33(41)30-31(34)39(21-27(40)25-13-7-3-8-14-25)38-32(30)36-26-15-9-4-10-16-26/h2-20,27,40H,21-22,34H2,1H3,(H,36,38)(H,37,41)/b35-20+. The Morgan fingerprint density at radius 2 is 1.65 bits per heavy atom. The molecule has 0 aliphatic rings. The van der Waals surface area contributed by atoms with Gasteiger partial charge in [-0.25, -0.2) is 10.1 Å². The summed E-state index contributed by atoms with van der Waals surface area (Å²) in [6.07, 6.45) is 0.617. The van der Waals surface area contributed by atoms with Crippen LogP contribution in [-0.2, 0) is 13.2 Å². The largest absolute Gasteiger partial charge is 0.493 e. The SMILES string of the molecule is COc1ccc(/C=N/NC(=O)c2c(Nc3ccccc3)nn(CC(O)c3ccccc3)c2N)cc1OCc1ccccc1. The molecule has 0 aliphatic carbocycles. The number of carbonyl (C=O) groups excluding carboxylic acids is 1. The number of amides is 1.